The maximum atomic E-state index is 13.1. The summed E-state index contributed by atoms with van der Waals surface area (Å²) in [5.74, 6) is -0.274. The first-order valence-corrected chi connectivity index (χ1v) is 3.90. The van der Waals surface area contributed by atoms with Crippen molar-refractivity contribution in [3.8, 4) is 6.07 Å². The molecule has 0 bridgehead atoms. The lowest BCUT2D eigenvalue weighted by atomic mass is 10.1. The monoisotopic (exact) mass is 174 g/mol. The van der Waals surface area contributed by atoms with Crippen LogP contribution < -0.4 is 0 Å². The average molecular weight is 174 g/mol. The zero-order chi connectivity index (χ0) is 9.42. The van der Waals surface area contributed by atoms with Gasteiger partial charge in [-0.1, -0.05) is 0 Å². The molecular weight excluding hydrogens is 167 g/mol. The lowest BCUT2D eigenvalue weighted by Gasteiger charge is -1.97. The van der Waals surface area contributed by atoms with E-state index in [2.05, 4.69) is 4.98 Å². The van der Waals surface area contributed by atoms with E-state index in [0.29, 0.717) is 16.5 Å². The number of aromatic amines is 1. The molecular formula is C10H7FN2. The number of rotatable bonds is 0. The number of hydrogen-bond acceptors (Lipinski definition) is 1. The van der Waals surface area contributed by atoms with E-state index >= 15 is 0 Å². The fraction of sp³-hybridized carbons (Fsp3) is 0.100. The van der Waals surface area contributed by atoms with Crippen LogP contribution in [0.2, 0.25) is 0 Å². The van der Waals surface area contributed by atoms with E-state index in [1.165, 1.54) is 6.07 Å². The molecule has 1 heterocycles. The van der Waals surface area contributed by atoms with Gasteiger partial charge >= 0.3 is 0 Å². The third-order valence-corrected chi connectivity index (χ3v) is 2.16. The fourth-order valence-electron chi connectivity index (χ4n) is 1.46. The second kappa shape index (κ2) is 2.60. The predicted molar refractivity (Wildman–Crippen MR) is 47.7 cm³/mol. The second-order valence-corrected chi connectivity index (χ2v) is 2.91. The van der Waals surface area contributed by atoms with Crippen LogP contribution in [0.3, 0.4) is 0 Å². The average Bonchev–Trinajstić information content (AvgIpc) is 2.55. The Morgan fingerprint density at radius 1 is 1.46 bits per heavy atom. The predicted octanol–water partition coefficient (Wildman–Crippen LogP) is 2.49. The maximum absolute atomic E-state index is 13.1. The van der Waals surface area contributed by atoms with Gasteiger partial charge in [0.2, 0.25) is 0 Å². The number of H-pyrrole nitrogens is 1. The van der Waals surface area contributed by atoms with Gasteiger partial charge in [-0.3, -0.25) is 0 Å². The smallest absolute Gasteiger partial charge is 0.126 e. The molecule has 0 aliphatic heterocycles. The van der Waals surface area contributed by atoms with Gasteiger partial charge in [-0.25, -0.2) is 4.39 Å². The number of fused-ring (bicyclic) bond motifs is 1. The van der Waals surface area contributed by atoms with Crippen LogP contribution in [0.5, 0.6) is 0 Å². The number of nitriles is 1. The Hall–Kier alpha value is -1.82. The molecule has 13 heavy (non-hydrogen) atoms. The minimum absolute atomic E-state index is 0.274. The Morgan fingerprint density at radius 3 is 2.92 bits per heavy atom. The first-order valence-electron chi connectivity index (χ1n) is 3.90. The van der Waals surface area contributed by atoms with Crippen molar-refractivity contribution in [3.05, 3.63) is 35.3 Å². The van der Waals surface area contributed by atoms with Crippen LogP contribution >= 0.6 is 0 Å². The van der Waals surface area contributed by atoms with E-state index in [-0.39, 0.29) is 5.82 Å². The largest absolute Gasteiger partial charge is 0.360 e. The van der Waals surface area contributed by atoms with Gasteiger partial charge in [-0.05, 0) is 24.6 Å². The first-order chi connectivity index (χ1) is 6.24. The number of nitrogens with zero attached hydrogens (tertiary/aromatic N) is 1. The van der Waals surface area contributed by atoms with Gasteiger partial charge < -0.3 is 4.98 Å². The summed E-state index contributed by atoms with van der Waals surface area (Å²) in [5, 5.41) is 9.43. The van der Waals surface area contributed by atoms with E-state index in [4.69, 9.17) is 5.26 Å². The topological polar surface area (TPSA) is 39.6 Å². The summed E-state index contributed by atoms with van der Waals surface area (Å²) in [5.41, 5.74) is 1.82. The van der Waals surface area contributed by atoms with Gasteiger partial charge in [0.1, 0.15) is 11.9 Å². The molecule has 0 radical (unpaired) electrons. The van der Waals surface area contributed by atoms with Gasteiger partial charge in [-0.15, -0.1) is 0 Å². The Balaban J connectivity index is 2.95. The van der Waals surface area contributed by atoms with Crippen LogP contribution in [0.1, 0.15) is 11.1 Å². The van der Waals surface area contributed by atoms with Crippen molar-refractivity contribution in [2.45, 2.75) is 6.92 Å². The lowest BCUT2D eigenvalue weighted by molar-refractivity contribution is 0.621. The van der Waals surface area contributed by atoms with E-state index < -0.39 is 0 Å². The molecule has 1 N–H and O–H groups in total. The SMILES string of the molecule is Cc1c(F)ccc2[nH]cc(C#N)c12. The molecule has 0 amide bonds. The normalized spacial score (nSPS) is 10.2. The molecule has 0 unspecified atom stereocenters. The molecule has 0 saturated heterocycles. The van der Waals surface area contributed by atoms with Gasteiger partial charge in [0.05, 0.1) is 5.56 Å². The van der Waals surface area contributed by atoms with Crippen molar-refractivity contribution in [3.63, 3.8) is 0 Å². The highest BCUT2D eigenvalue weighted by molar-refractivity contribution is 5.88. The molecule has 0 fully saturated rings. The second-order valence-electron chi connectivity index (χ2n) is 2.91. The van der Waals surface area contributed by atoms with Crippen molar-refractivity contribution < 1.29 is 4.39 Å². The summed E-state index contributed by atoms with van der Waals surface area (Å²) in [6.45, 7) is 1.67. The number of hydrogen-bond donors (Lipinski definition) is 1. The quantitative estimate of drug-likeness (QED) is 0.654. The van der Waals surface area contributed by atoms with E-state index in [1.54, 1.807) is 19.2 Å². The molecule has 0 aliphatic carbocycles. The molecule has 64 valence electrons. The van der Waals surface area contributed by atoms with Crippen LogP contribution in [0.25, 0.3) is 10.9 Å². The van der Waals surface area contributed by atoms with Crippen LogP contribution in [0, 0.1) is 24.1 Å². The molecule has 1 aromatic carbocycles. The third kappa shape index (κ3) is 0.994. The fourth-order valence-corrected chi connectivity index (χ4v) is 1.46. The van der Waals surface area contributed by atoms with Crippen LogP contribution in [-0.2, 0) is 0 Å². The summed E-state index contributed by atoms with van der Waals surface area (Å²) in [4.78, 5) is 2.92. The minimum atomic E-state index is -0.274. The highest BCUT2D eigenvalue weighted by atomic mass is 19.1. The summed E-state index contributed by atoms with van der Waals surface area (Å²) in [6.07, 6.45) is 1.59. The van der Waals surface area contributed by atoms with Crippen LogP contribution in [0.4, 0.5) is 4.39 Å². The highest BCUT2D eigenvalue weighted by Gasteiger charge is 2.08. The summed E-state index contributed by atoms with van der Waals surface area (Å²) < 4.78 is 13.1. The van der Waals surface area contributed by atoms with Gasteiger partial charge in [0.15, 0.2) is 0 Å². The van der Waals surface area contributed by atoms with Gasteiger partial charge in [0.25, 0.3) is 0 Å². The number of halogens is 1. The zero-order valence-corrected chi connectivity index (χ0v) is 7.06. The van der Waals surface area contributed by atoms with E-state index in [0.717, 1.165) is 5.52 Å². The third-order valence-electron chi connectivity index (χ3n) is 2.16. The number of aromatic nitrogens is 1. The molecule has 2 aromatic rings. The Morgan fingerprint density at radius 2 is 2.23 bits per heavy atom. The van der Waals surface area contributed by atoms with Crippen molar-refractivity contribution in [1.82, 2.24) is 4.98 Å². The Labute approximate surface area is 74.6 Å². The van der Waals surface area contributed by atoms with E-state index in [1.807, 2.05) is 6.07 Å². The minimum Gasteiger partial charge on any atom is -0.360 e. The standard InChI is InChI=1S/C10H7FN2/c1-6-8(11)2-3-9-10(6)7(4-12)5-13-9/h2-3,5,13H,1H3. The molecule has 2 rings (SSSR count). The summed E-state index contributed by atoms with van der Waals surface area (Å²) in [6, 6.07) is 5.06. The summed E-state index contributed by atoms with van der Waals surface area (Å²) >= 11 is 0. The van der Waals surface area contributed by atoms with Crippen LogP contribution in [-0.4, -0.2) is 4.98 Å². The Bertz CT molecular complexity index is 505. The van der Waals surface area contributed by atoms with Crippen LogP contribution in [0.15, 0.2) is 18.3 Å². The molecule has 0 atom stereocenters. The van der Waals surface area contributed by atoms with Crippen molar-refractivity contribution in [2.24, 2.45) is 0 Å². The summed E-state index contributed by atoms with van der Waals surface area (Å²) in [7, 11) is 0. The van der Waals surface area contributed by atoms with Crippen molar-refractivity contribution in [2.75, 3.05) is 0 Å². The number of aryl methyl sites for hydroxylation is 1. The molecule has 0 spiro atoms. The van der Waals surface area contributed by atoms with Crippen molar-refractivity contribution >= 4 is 10.9 Å². The van der Waals surface area contributed by atoms with Gasteiger partial charge in [-0.2, -0.15) is 5.26 Å². The number of nitrogens with one attached hydrogen (secondary N) is 1. The van der Waals surface area contributed by atoms with Gasteiger partial charge in [0, 0.05) is 17.1 Å². The molecule has 2 nitrogen and oxygen atoms in total. The maximum Gasteiger partial charge on any atom is 0.126 e. The van der Waals surface area contributed by atoms with E-state index in [9.17, 15) is 4.39 Å². The molecule has 0 saturated carbocycles. The molecule has 0 aliphatic rings. The first kappa shape index (κ1) is 7.81. The molecule has 3 heteroatoms. The number of benzene rings is 1. The highest BCUT2D eigenvalue weighted by Crippen LogP contribution is 2.23. The van der Waals surface area contributed by atoms with Crippen molar-refractivity contribution in [1.29, 1.82) is 5.26 Å². The lowest BCUT2D eigenvalue weighted by Crippen LogP contribution is -1.83. The zero-order valence-electron chi connectivity index (χ0n) is 7.06. The molecule has 1 aromatic heterocycles. The Kier molecular flexibility index (Phi) is 1.56.